The van der Waals surface area contributed by atoms with Gasteiger partial charge in [0.05, 0.1) is 24.6 Å². The third kappa shape index (κ3) is 5.25. The van der Waals surface area contributed by atoms with E-state index in [1.165, 1.54) is 21.8 Å². The highest BCUT2D eigenvalue weighted by atomic mass is 32.2. The molecule has 6 heteroatoms. The van der Waals surface area contributed by atoms with Crippen molar-refractivity contribution in [3.8, 4) is 5.75 Å². The van der Waals surface area contributed by atoms with Gasteiger partial charge in [0.15, 0.2) is 0 Å². The number of para-hydroxylation sites is 2. The van der Waals surface area contributed by atoms with Crippen LogP contribution in [0.4, 0.5) is 5.69 Å². The predicted octanol–water partition coefficient (Wildman–Crippen LogP) is 6.51. The zero-order valence-electron chi connectivity index (χ0n) is 20.2. The number of hydrogen-bond donors (Lipinski definition) is 2. The molecule has 0 saturated heterocycles. The maximum absolute atomic E-state index is 10.8. The molecular weight excluding hydrogens is 466 g/mol. The average molecular weight is 496 g/mol. The monoisotopic (exact) mass is 495 g/mol. The number of hydrazone groups is 1. The number of hydrogen-bond acceptors (Lipinski definition) is 5. The van der Waals surface area contributed by atoms with Crippen molar-refractivity contribution in [3.63, 3.8) is 0 Å². The highest BCUT2D eigenvalue weighted by Gasteiger charge is 2.13. The number of aliphatic hydroxyl groups is 1. The highest BCUT2D eigenvalue weighted by molar-refractivity contribution is 7.99. The number of benzene rings is 4. The number of phenolic OH excluding ortho intramolecular Hbond substituents is 1. The molecule has 4 aromatic carbocycles. The lowest BCUT2D eigenvalue weighted by atomic mass is 10.1. The van der Waals surface area contributed by atoms with Crippen LogP contribution in [0.15, 0.2) is 107 Å². The summed E-state index contributed by atoms with van der Waals surface area (Å²) in [6, 6.07) is 31.9. The number of phenols is 1. The third-order valence-electron chi connectivity index (χ3n) is 6.18. The van der Waals surface area contributed by atoms with Gasteiger partial charge in [-0.3, -0.25) is 5.01 Å². The summed E-state index contributed by atoms with van der Waals surface area (Å²) in [5.41, 5.74) is 4.39. The molecule has 1 aromatic heterocycles. The van der Waals surface area contributed by atoms with Gasteiger partial charge >= 0.3 is 0 Å². The van der Waals surface area contributed by atoms with Gasteiger partial charge in [-0.2, -0.15) is 5.10 Å². The normalized spacial score (nSPS) is 12.5. The second kappa shape index (κ2) is 10.9. The molecule has 2 N–H and O–H groups in total. The molecule has 182 valence electrons. The topological polar surface area (TPSA) is 61.0 Å². The molecule has 0 spiro atoms. The summed E-state index contributed by atoms with van der Waals surface area (Å²) in [5.74, 6) is 0.758. The van der Waals surface area contributed by atoms with Gasteiger partial charge in [-0.25, -0.2) is 0 Å². The Kier molecular flexibility index (Phi) is 7.26. The van der Waals surface area contributed by atoms with Gasteiger partial charge in [0.25, 0.3) is 0 Å². The van der Waals surface area contributed by atoms with Crippen LogP contribution in [0.5, 0.6) is 5.75 Å². The molecule has 0 unspecified atom stereocenters. The van der Waals surface area contributed by atoms with Crippen LogP contribution in [0, 0.1) is 0 Å². The molecule has 1 atom stereocenters. The van der Waals surface area contributed by atoms with Crippen LogP contribution >= 0.6 is 11.8 Å². The van der Waals surface area contributed by atoms with Crippen molar-refractivity contribution in [1.82, 2.24) is 4.57 Å². The number of rotatable bonds is 9. The summed E-state index contributed by atoms with van der Waals surface area (Å²) in [4.78, 5) is 1.00. The molecule has 0 aliphatic carbocycles. The number of aliphatic hydroxyl groups excluding tert-OH is 1. The standard InChI is InChI=1S/C30H29N3O2S/c1-2-32-29-11-7-6-10-27(29)28-18-22(12-17-30(28)32)19-31-33(23-8-4-3-5-9-23)20-25(35)21-36-26-15-13-24(34)14-16-26/h3-19,25,34-35H,2,20-21H2,1H3/t25-/m0/s1. The van der Waals surface area contributed by atoms with Crippen LogP contribution in [0.2, 0.25) is 0 Å². The van der Waals surface area contributed by atoms with E-state index in [1.807, 2.05) is 53.7 Å². The van der Waals surface area contributed by atoms with Crippen LogP contribution in [0.25, 0.3) is 21.8 Å². The van der Waals surface area contributed by atoms with Crippen molar-refractivity contribution in [2.45, 2.75) is 24.5 Å². The first-order valence-corrected chi connectivity index (χ1v) is 13.1. The van der Waals surface area contributed by atoms with Crippen molar-refractivity contribution in [1.29, 1.82) is 0 Å². The van der Waals surface area contributed by atoms with E-state index in [0.29, 0.717) is 12.3 Å². The van der Waals surface area contributed by atoms with Crippen LogP contribution in [-0.4, -0.2) is 39.4 Å². The zero-order chi connectivity index (χ0) is 24.9. The number of aryl methyl sites for hydroxylation is 1. The summed E-state index contributed by atoms with van der Waals surface area (Å²) in [6.07, 6.45) is 1.27. The Hall–Kier alpha value is -3.74. The van der Waals surface area contributed by atoms with Crippen LogP contribution in [0.3, 0.4) is 0 Å². The van der Waals surface area contributed by atoms with Crippen molar-refractivity contribution in [3.05, 3.63) is 103 Å². The second-order valence-electron chi connectivity index (χ2n) is 8.66. The van der Waals surface area contributed by atoms with E-state index in [1.54, 1.807) is 23.9 Å². The first kappa shape index (κ1) is 24.0. The summed E-state index contributed by atoms with van der Waals surface area (Å²) >= 11 is 1.55. The lowest BCUT2D eigenvalue weighted by Crippen LogP contribution is -2.30. The van der Waals surface area contributed by atoms with Crippen molar-refractivity contribution in [2.75, 3.05) is 17.3 Å². The summed E-state index contributed by atoms with van der Waals surface area (Å²) in [7, 11) is 0. The highest BCUT2D eigenvalue weighted by Crippen LogP contribution is 2.29. The van der Waals surface area contributed by atoms with E-state index in [4.69, 9.17) is 5.10 Å². The molecule has 5 aromatic rings. The number of nitrogens with zero attached hydrogens (tertiary/aromatic N) is 3. The fourth-order valence-corrected chi connectivity index (χ4v) is 5.25. The molecule has 36 heavy (non-hydrogen) atoms. The Bertz CT molecular complexity index is 1480. The quantitative estimate of drug-likeness (QED) is 0.139. The largest absolute Gasteiger partial charge is 0.508 e. The summed E-state index contributed by atoms with van der Waals surface area (Å²) in [6.45, 7) is 3.45. The maximum Gasteiger partial charge on any atom is 0.115 e. The molecule has 5 rings (SSSR count). The van der Waals surface area contributed by atoms with Gasteiger partial charge in [0.1, 0.15) is 5.75 Å². The number of fused-ring (bicyclic) bond motifs is 3. The van der Waals surface area contributed by atoms with E-state index in [-0.39, 0.29) is 5.75 Å². The average Bonchev–Trinajstić information content (AvgIpc) is 3.24. The Morgan fingerprint density at radius 1 is 0.889 bits per heavy atom. The molecule has 0 amide bonds. The SMILES string of the molecule is CCn1c2ccccc2c2cc(C=NN(C[C@H](O)CSc3ccc(O)cc3)c3ccccc3)ccc21. The molecule has 0 saturated carbocycles. The minimum atomic E-state index is -0.592. The Balaban J connectivity index is 1.38. The van der Waals surface area contributed by atoms with Crippen LogP contribution < -0.4 is 5.01 Å². The first-order chi connectivity index (χ1) is 17.6. The molecule has 0 fully saturated rings. The second-order valence-corrected chi connectivity index (χ2v) is 9.75. The van der Waals surface area contributed by atoms with E-state index in [0.717, 1.165) is 22.7 Å². The van der Waals surface area contributed by atoms with Gasteiger partial charge < -0.3 is 14.8 Å². The fraction of sp³-hybridized carbons (Fsp3) is 0.167. The molecular formula is C30H29N3O2S. The van der Waals surface area contributed by atoms with Crippen molar-refractivity contribution < 1.29 is 10.2 Å². The number of anilines is 1. The Morgan fingerprint density at radius 2 is 1.61 bits per heavy atom. The molecule has 0 aliphatic rings. The smallest absolute Gasteiger partial charge is 0.115 e. The first-order valence-electron chi connectivity index (χ1n) is 12.1. The van der Waals surface area contributed by atoms with Crippen molar-refractivity contribution in [2.24, 2.45) is 5.10 Å². The summed E-state index contributed by atoms with van der Waals surface area (Å²) < 4.78 is 2.34. The van der Waals surface area contributed by atoms with Gasteiger partial charge in [0.2, 0.25) is 0 Å². The molecule has 0 radical (unpaired) electrons. The molecule has 0 bridgehead atoms. The lowest BCUT2D eigenvalue weighted by molar-refractivity contribution is 0.205. The van der Waals surface area contributed by atoms with Crippen LogP contribution in [-0.2, 0) is 6.54 Å². The predicted molar refractivity (Wildman–Crippen MR) is 151 cm³/mol. The number of thioether (sulfide) groups is 1. The molecule has 5 nitrogen and oxygen atoms in total. The minimum Gasteiger partial charge on any atom is -0.508 e. The minimum absolute atomic E-state index is 0.238. The van der Waals surface area contributed by atoms with Gasteiger partial charge in [0, 0.05) is 39.0 Å². The summed E-state index contributed by atoms with van der Waals surface area (Å²) in [5, 5.41) is 29.4. The third-order valence-corrected chi connectivity index (χ3v) is 7.33. The Morgan fingerprint density at radius 3 is 2.39 bits per heavy atom. The van der Waals surface area contributed by atoms with Crippen molar-refractivity contribution >= 4 is 45.5 Å². The lowest BCUT2D eigenvalue weighted by Gasteiger charge is -2.22. The van der Waals surface area contributed by atoms with E-state index in [2.05, 4.69) is 54.0 Å². The zero-order valence-corrected chi connectivity index (χ0v) is 21.0. The molecule has 0 aliphatic heterocycles. The van der Waals surface area contributed by atoms with E-state index >= 15 is 0 Å². The van der Waals surface area contributed by atoms with Gasteiger partial charge in [-0.05, 0) is 67.1 Å². The van der Waals surface area contributed by atoms with E-state index in [9.17, 15) is 10.2 Å². The van der Waals surface area contributed by atoms with E-state index < -0.39 is 6.10 Å². The van der Waals surface area contributed by atoms with Crippen LogP contribution in [0.1, 0.15) is 12.5 Å². The molecule has 1 heterocycles. The Labute approximate surface area is 215 Å². The number of aromatic nitrogens is 1. The number of aromatic hydroxyl groups is 1. The van der Waals surface area contributed by atoms with Gasteiger partial charge in [-0.1, -0.05) is 42.5 Å². The fourth-order valence-electron chi connectivity index (χ4n) is 4.44. The maximum atomic E-state index is 10.8. The van der Waals surface area contributed by atoms with Gasteiger partial charge in [-0.15, -0.1) is 11.8 Å².